The van der Waals surface area contributed by atoms with Crippen molar-refractivity contribution in [3.8, 4) is 5.75 Å². The lowest BCUT2D eigenvalue weighted by molar-refractivity contribution is 0.272. The molecule has 2 aromatic rings. The van der Waals surface area contributed by atoms with Crippen LogP contribution in [0.2, 0.25) is 0 Å². The topological polar surface area (TPSA) is 58.4 Å². The van der Waals surface area contributed by atoms with E-state index >= 15 is 0 Å². The first-order valence-electron chi connectivity index (χ1n) is 8.06. The molecule has 0 spiro atoms. The first-order chi connectivity index (χ1) is 11.0. The Kier molecular flexibility index (Phi) is 5.93. The van der Waals surface area contributed by atoms with E-state index in [4.69, 9.17) is 0 Å². The van der Waals surface area contributed by atoms with Gasteiger partial charge in [0, 0.05) is 43.3 Å². The molecule has 0 saturated heterocycles. The van der Waals surface area contributed by atoms with Gasteiger partial charge < -0.3 is 9.67 Å². The van der Waals surface area contributed by atoms with E-state index in [-0.39, 0.29) is 17.2 Å². The van der Waals surface area contributed by atoms with E-state index in [2.05, 4.69) is 16.8 Å². The van der Waals surface area contributed by atoms with Crippen molar-refractivity contribution in [1.29, 1.82) is 0 Å². The maximum Gasteiger partial charge on any atom is 0.223 e. The highest BCUT2D eigenvalue weighted by atomic mass is 16.3. The van der Waals surface area contributed by atoms with E-state index in [9.17, 15) is 9.90 Å². The van der Waals surface area contributed by atoms with Gasteiger partial charge >= 0.3 is 0 Å². The molecule has 0 aliphatic heterocycles. The predicted molar refractivity (Wildman–Crippen MR) is 91.6 cm³/mol. The largest absolute Gasteiger partial charge is 0.503 e. The molecule has 0 bridgehead atoms. The molecule has 1 N–H and O–H groups in total. The van der Waals surface area contributed by atoms with Crippen molar-refractivity contribution in [1.82, 2.24) is 14.5 Å². The minimum atomic E-state index is -0.318. The zero-order chi connectivity index (χ0) is 16.8. The summed E-state index contributed by atoms with van der Waals surface area (Å²) in [6.07, 6.45) is 6.10. The fraction of sp³-hybridized carbons (Fsp3) is 0.444. The Bertz CT molecular complexity index is 680. The number of hydrogen-bond donors (Lipinski definition) is 1. The van der Waals surface area contributed by atoms with E-state index in [0.29, 0.717) is 6.54 Å². The number of rotatable bonds is 7. The number of likely N-dealkylation sites (N-methyl/N-ethyl adjacent to an activating group) is 1. The summed E-state index contributed by atoms with van der Waals surface area (Å²) in [6.45, 7) is 8.70. The van der Waals surface area contributed by atoms with Crippen molar-refractivity contribution in [3.05, 3.63) is 58.3 Å². The average Bonchev–Trinajstić information content (AvgIpc) is 2.55. The zero-order valence-corrected chi connectivity index (χ0v) is 14.1. The Morgan fingerprint density at radius 1 is 1.30 bits per heavy atom. The van der Waals surface area contributed by atoms with Gasteiger partial charge in [0.05, 0.1) is 6.20 Å². The molecule has 23 heavy (non-hydrogen) atoms. The molecule has 0 fully saturated rings. The first-order valence-corrected chi connectivity index (χ1v) is 8.06. The normalized spacial score (nSPS) is 11.3. The molecule has 124 valence electrons. The molecule has 2 rings (SSSR count). The summed E-state index contributed by atoms with van der Waals surface area (Å²) in [4.78, 5) is 18.1. The van der Waals surface area contributed by atoms with Crippen LogP contribution in [0.3, 0.4) is 0 Å². The molecule has 0 saturated carbocycles. The predicted octanol–water partition coefficient (Wildman–Crippen LogP) is 2.59. The number of hydrogen-bond acceptors (Lipinski definition) is 4. The molecule has 0 atom stereocenters. The summed E-state index contributed by atoms with van der Waals surface area (Å²) in [5, 5.41) is 9.66. The second-order valence-corrected chi connectivity index (χ2v) is 5.99. The SMILES string of the molecule is CCN(CCc1ccncc1)Cc1cc(=O)c(O)cn1C(C)C. The third-order valence-electron chi connectivity index (χ3n) is 4.00. The minimum absolute atomic E-state index is 0.190. The summed E-state index contributed by atoms with van der Waals surface area (Å²) < 4.78 is 1.96. The monoisotopic (exact) mass is 315 g/mol. The highest BCUT2D eigenvalue weighted by Gasteiger charge is 2.12. The van der Waals surface area contributed by atoms with Gasteiger partial charge in [0.15, 0.2) is 5.75 Å². The highest BCUT2D eigenvalue weighted by Crippen LogP contribution is 2.14. The Labute approximate surface area is 137 Å². The second-order valence-electron chi connectivity index (χ2n) is 5.99. The van der Waals surface area contributed by atoms with Gasteiger partial charge in [0.25, 0.3) is 0 Å². The standard InChI is InChI=1S/C18H25N3O2/c1-4-20(10-7-15-5-8-19-9-6-15)12-16-11-17(22)18(23)13-21(16)14(2)3/h5-6,8-9,11,13-14,23H,4,7,10,12H2,1-3H3. The molecule has 2 heterocycles. The van der Waals surface area contributed by atoms with Crippen LogP contribution in [-0.2, 0) is 13.0 Å². The lowest BCUT2D eigenvalue weighted by Crippen LogP contribution is -2.28. The van der Waals surface area contributed by atoms with Crippen molar-refractivity contribution in [3.63, 3.8) is 0 Å². The maximum atomic E-state index is 11.8. The van der Waals surface area contributed by atoms with Crippen molar-refractivity contribution in [2.75, 3.05) is 13.1 Å². The van der Waals surface area contributed by atoms with Gasteiger partial charge in [-0.25, -0.2) is 0 Å². The summed E-state index contributed by atoms with van der Waals surface area (Å²) in [7, 11) is 0. The smallest absolute Gasteiger partial charge is 0.223 e. The first kappa shape index (κ1) is 17.2. The van der Waals surface area contributed by atoms with Gasteiger partial charge in [-0.2, -0.15) is 0 Å². The number of pyridine rings is 2. The van der Waals surface area contributed by atoms with Gasteiger partial charge in [-0.05, 0) is 44.5 Å². The van der Waals surface area contributed by atoms with E-state index in [1.54, 1.807) is 12.3 Å². The molecule has 0 aromatic carbocycles. The molecule has 0 radical (unpaired) electrons. The van der Waals surface area contributed by atoms with Crippen LogP contribution in [0.4, 0.5) is 0 Å². The van der Waals surface area contributed by atoms with Gasteiger partial charge in [-0.3, -0.25) is 14.7 Å². The minimum Gasteiger partial charge on any atom is -0.503 e. The quantitative estimate of drug-likeness (QED) is 0.853. The molecule has 0 aliphatic carbocycles. The fourth-order valence-corrected chi connectivity index (χ4v) is 2.60. The van der Waals surface area contributed by atoms with Gasteiger partial charge in [-0.1, -0.05) is 6.92 Å². The Morgan fingerprint density at radius 2 is 2.00 bits per heavy atom. The molecule has 0 aliphatic rings. The molecule has 0 unspecified atom stereocenters. The van der Waals surface area contributed by atoms with Gasteiger partial charge in [0.1, 0.15) is 0 Å². The molecule has 2 aromatic heterocycles. The van der Waals surface area contributed by atoms with Crippen LogP contribution in [0.5, 0.6) is 5.75 Å². The Morgan fingerprint density at radius 3 is 2.61 bits per heavy atom. The van der Waals surface area contributed by atoms with Crippen LogP contribution in [0.15, 0.2) is 41.6 Å². The average molecular weight is 315 g/mol. The van der Waals surface area contributed by atoms with Crippen molar-refractivity contribution < 1.29 is 5.11 Å². The number of aromatic nitrogens is 2. The zero-order valence-electron chi connectivity index (χ0n) is 14.1. The molecule has 0 amide bonds. The summed E-state index contributed by atoms with van der Waals surface area (Å²) in [5.41, 5.74) is 1.87. The van der Waals surface area contributed by atoms with E-state index in [1.165, 1.54) is 5.56 Å². The van der Waals surface area contributed by atoms with Crippen molar-refractivity contribution in [2.24, 2.45) is 0 Å². The lowest BCUT2D eigenvalue weighted by atomic mass is 10.2. The summed E-state index contributed by atoms with van der Waals surface area (Å²) in [6, 6.07) is 5.79. The third-order valence-corrected chi connectivity index (χ3v) is 4.00. The lowest BCUT2D eigenvalue weighted by Gasteiger charge is -2.24. The molecule has 5 nitrogen and oxygen atoms in total. The number of aromatic hydroxyl groups is 1. The van der Waals surface area contributed by atoms with Crippen LogP contribution in [-0.4, -0.2) is 32.6 Å². The van der Waals surface area contributed by atoms with Crippen molar-refractivity contribution in [2.45, 2.75) is 39.8 Å². The van der Waals surface area contributed by atoms with Crippen molar-refractivity contribution >= 4 is 0 Å². The van der Waals surface area contributed by atoms with Gasteiger partial charge in [-0.15, -0.1) is 0 Å². The highest BCUT2D eigenvalue weighted by molar-refractivity contribution is 5.21. The molecular weight excluding hydrogens is 290 g/mol. The van der Waals surface area contributed by atoms with Crippen LogP contribution in [0.1, 0.15) is 38.1 Å². The second kappa shape index (κ2) is 7.92. The fourth-order valence-electron chi connectivity index (χ4n) is 2.60. The van der Waals surface area contributed by atoms with E-state index in [1.807, 2.05) is 42.9 Å². The van der Waals surface area contributed by atoms with Crippen LogP contribution in [0.25, 0.3) is 0 Å². The number of nitrogens with zero attached hydrogens (tertiary/aromatic N) is 3. The summed E-state index contributed by atoms with van der Waals surface area (Å²) >= 11 is 0. The molecule has 5 heteroatoms. The summed E-state index contributed by atoms with van der Waals surface area (Å²) in [5.74, 6) is -0.192. The van der Waals surface area contributed by atoms with Gasteiger partial charge in [0.2, 0.25) is 5.43 Å². The molecular formula is C18H25N3O2. The maximum absolute atomic E-state index is 11.8. The third kappa shape index (κ3) is 4.66. The van der Waals surface area contributed by atoms with Crippen LogP contribution < -0.4 is 5.43 Å². The Balaban J connectivity index is 2.12. The Hall–Kier alpha value is -2.14. The van der Waals surface area contributed by atoms with E-state index < -0.39 is 0 Å². The van der Waals surface area contributed by atoms with E-state index in [0.717, 1.165) is 25.2 Å². The van der Waals surface area contributed by atoms with Crippen LogP contribution in [0, 0.1) is 0 Å². The van der Waals surface area contributed by atoms with Crippen LogP contribution >= 0.6 is 0 Å².